The normalized spacial score (nSPS) is 10.8. The van der Waals surface area contributed by atoms with Crippen LogP contribution in [0.4, 0.5) is 10.1 Å². The molecule has 0 saturated heterocycles. The van der Waals surface area contributed by atoms with Crippen molar-refractivity contribution in [2.24, 2.45) is 0 Å². The van der Waals surface area contributed by atoms with Crippen molar-refractivity contribution in [2.75, 3.05) is 11.9 Å². The number of nitriles is 1. The van der Waals surface area contributed by atoms with E-state index in [-0.39, 0.29) is 10.5 Å². The lowest BCUT2D eigenvalue weighted by Gasteiger charge is -2.08. The number of nitrogens with one attached hydrogen (secondary N) is 2. The van der Waals surface area contributed by atoms with Crippen molar-refractivity contribution >= 4 is 21.6 Å². The molecule has 2 aromatic carbocycles. The molecule has 23 heavy (non-hydrogen) atoms. The number of halogens is 1. The van der Waals surface area contributed by atoms with Crippen molar-refractivity contribution in [3.63, 3.8) is 0 Å². The molecule has 0 aliphatic rings. The summed E-state index contributed by atoms with van der Waals surface area (Å²) in [5, 5.41) is 11.4. The second-order valence-corrected chi connectivity index (χ2v) is 6.25. The molecule has 0 aliphatic carbocycles. The van der Waals surface area contributed by atoms with Crippen molar-refractivity contribution in [1.29, 1.82) is 5.26 Å². The van der Waals surface area contributed by atoms with Gasteiger partial charge in [0.25, 0.3) is 0 Å². The van der Waals surface area contributed by atoms with Gasteiger partial charge in [-0.05, 0) is 36.4 Å². The first-order valence-corrected chi connectivity index (χ1v) is 7.95. The van der Waals surface area contributed by atoms with Gasteiger partial charge in [-0.15, -0.1) is 0 Å². The molecular weight excluding hydrogens is 321 g/mol. The van der Waals surface area contributed by atoms with Gasteiger partial charge in [-0.3, -0.25) is 4.79 Å². The van der Waals surface area contributed by atoms with Crippen LogP contribution in [0, 0.1) is 17.1 Å². The molecule has 6 nitrogen and oxygen atoms in total. The van der Waals surface area contributed by atoms with Crippen LogP contribution in [0.25, 0.3) is 0 Å². The number of hydrogen-bond acceptors (Lipinski definition) is 4. The number of carbonyl (C=O) groups excluding carboxylic acids is 1. The smallest absolute Gasteiger partial charge is 0.241 e. The van der Waals surface area contributed by atoms with Crippen molar-refractivity contribution in [2.45, 2.75) is 4.90 Å². The Morgan fingerprint density at radius 3 is 2.43 bits per heavy atom. The van der Waals surface area contributed by atoms with E-state index in [1.54, 1.807) is 12.1 Å². The largest absolute Gasteiger partial charge is 0.324 e. The maximum absolute atomic E-state index is 12.8. The molecule has 0 spiro atoms. The first-order chi connectivity index (χ1) is 10.9. The number of anilines is 1. The van der Waals surface area contributed by atoms with Gasteiger partial charge in [-0.25, -0.2) is 17.5 Å². The number of para-hydroxylation sites is 1. The highest BCUT2D eigenvalue weighted by Crippen LogP contribution is 2.13. The van der Waals surface area contributed by atoms with E-state index in [1.165, 1.54) is 12.1 Å². The molecule has 0 unspecified atom stereocenters. The van der Waals surface area contributed by atoms with Crippen LogP contribution < -0.4 is 10.0 Å². The number of carbonyl (C=O) groups is 1. The zero-order valence-electron chi connectivity index (χ0n) is 11.8. The highest BCUT2D eigenvalue weighted by atomic mass is 32.2. The number of hydrogen-bond donors (Lipinski definition) is 2. The molecule has 1 amide bonds. The summed E-state index contributed by atoms with van der Waals surface area (Å²) >= 11 is 0. The highest BCUT2D eigenvalue weighted by molar-refractivity contribution is 7.89. The fourth-order valence-electron chi connectivity index (χ4n) is 1.74. The predicted molar refractivity (Wildman–Crippen MR) is 81.4 cm³/mol. The number of benzene rings is 2. The summed E-state index contributed by atoms with van der Waals surface area (Å²) in [6, 6.07) is 12.5. The van der Waals surface area contributed by atoms with E-state index < -0.39 is 28.3 Å². The van der Waals surface area contributed by atoms with E-state index in [0.717, 1.165) is 24.3 Å². The predicted octanol–water partition coefficient (Wildman–Crippen LogP) is 1.61. The van der Waals surface area contributed by atoms with Crippen LogP contribution in [-0.2, 0) is 14.8 Å². The van der Waals surface area contributed by atoms with Gasteiger partial charge >= 0.3 is 0 Å². The van der Waals surface area contributed by atoms with Crippen LogP contribution in [-0.4, -0.2) is 20.9 Å². The first kappa shape index (κ1) is 16.6. The topological polar surface area (TPSA) is 99.1 Å². The molecule has 0 bridgehead atoms. The summed E-state index contributed by atoms with van der Waals surface area (Å²) in [5.41, 5.74) is 0.559. The van der Waals surface area contributed by atoms with Crippen molar-refractivity contribution in [1.82, 2.24) is 4.72 Å². The van der Waals surface area contributed by atoms with Crippen LogP contribution in [0.1, 0.15) is 5.56 Å². The van der Waals surface area contributed by atoms with Gasteiger partial charge in [0.2, 0.25) is 15.9 Å². The van der Waals surface area contributed by atoms with E-state index >= 15 is 0 Å². The van der Waals surface area contributed by atoms with Crippen LogP contribution in [0.15, 0.2) is 53.4 Å². The summed E-state index contributed by atoms with van der Waals surface area (Å²) in [4.78, 5) is 11.7. The number of nitrogens with zero attached hydrogens (tertiary/aromatic N) is 1. The fourth-order valence-corrected chi connectivity index (χ4v) is 2.72. The van der Waals surface area contributed by atoms with Crippen molar-refractivity contribution < 1.29 is 17.6 Å². The summed E-state index contributed by atoms with van der Waals surface area (Å²) in [6.07, 6.45) is 0. The summed E-state index contributed by atoms with van der Waals surface area (Å²) < 4.78 is 38.8. The zero-order valence-corrected chi connectivity index (χ0v) is 12.6. The van der Waals surface area contributed by atoms with Crippen LogP contribution in [0.5, 0.6) is 0 Å². The monoisotopic (exact) mass is 333 g/mol. The van der Waals surface area contributed by atoms with Gasteiger partial charge in [0.1, 0.15) is 11.9 Å². The number of sulfonamides is 1. The maximum atomic E-state index is 12.8. The molecule has 8 heteroatoms. The van der Waals surface area contributed by atoms with E-state index in [4.69, 9.17) is 5.26 Å². The lowest BCUT2D eigenvalue weighted by Crippen LogP contribution is -2.33. The first-order valence-electron chi connectivity index (χ1n) is 6.46. The molecule has 0 saturated carbocycles. The van der Waals surface area contributed by atoms with Crippen molar-refractivity contribution in [3.8, 4) is 6.07 Å². The molecule has 2 aromatic rings. The Bertz CT molecular complexity index is 858. The lowest BCUT2D eigenvalue weighted by atomic mass is 10.2. The SMILES string of the molecule is N#Cc1ccccc1NC(=O)CNS(=O)(=O)c1ccc(F)cc1. The molecule has 2 N–H and O–H groups in total. The molecule has 118 valence electrons. The average Bonchev–Trinajstić information content (AvgIpc) is 2.54. The second kappa shape index (κ2) is 7.00. The van der Waals surface area contributed by atoms with Gasteiger partial charge in [-0.1, -0.05) is 12.1 Å². The van der Waals surface area contributed by atoms with Gasteiger partial charge in [0.05, 0.1) is 22.7 Å². The van der Waals surface area contributed by atoms with E-state index in [9.17, 15) is 17.6 Å². The van der Waals surface area contributed by atoms with Crippen LogP contribution >= 0.6 is 0 Å². The third-order valence-corrected chi connectivity index (χ3v) is 4.29. The van der Waals surface area contributed by atoms with Crippen LogP contribution in [0.2, 0.25) is 0 Å². The molecule has 0 atom stereocenters. The molecule has 2 rings (SSSR count). The van der Waals surface area contributed by atoms with Crippen LogP contribution in [0.3, 0.4) is 0 Å². The van der Waals surface area contributed by atoms with Gasteiger partial charge < -0.3 is 5.32 Å². The van der Waals surface area contributed by atoms with E-state index in [2.05, 4.69) is 10.0 Å². The Morgan fingerprint density at radius 2 is 1.78 bits per heavy atom. The molecule has 0 aromatic heterocycles. The summed E-state index contributed by atoms with van der Waals surface area (Å²) in [7, 11) is -3.92. The molecule has 0 heterocycles. The average molecular weight is 333 g/mol. The molecule has 0 aliphatic heterocycles. The van der Waals surface area contributed by atoms with Gasteiger partial charge in [0, 0.05) is 0 Å². The fraction of sp³-hybridized carbons (Fsp3) is 0.0667. The third kappa shape index (κ3) is 4.35. The minimum atomic E-state index is -3.92. The Morgan fingerprint density at radius 1 is 1.13 bits per heavy atom. The molecule has 0 fully saturated rings. The standard InChI is InChI=1S/C15H12FN3O3S/c16-12-5-7-13(8-6-12)23(21,22)18-10-15(20)19-14-4-2-1-3-11(14)9-17/h1-8,18H,10H2,(H,19,20). The van der Waals surface area contributed by atoms with Crippen molar-refractivity contribution in [3.05, 3.63) is 59.9 Å². The van der Waals surface area contributed by atoms with E-state index in [0.29, 0.717) is 5.69 Å². The Labute approximate surface area is 132 Å². The molecular formula is C15H12FN3O3S. The summed E-state index contributed by atoms with van der Waals surface area (Å²) in [6.45, 7) is -0.514. The number of amides is 1. The van der Waals surface area contributed by atoms with E-state index in [1.807, 2.05) is 6.07 Å². The lowest BCUT2D eigenvalue weighted by molar-refractivity contribution is -0.115. The second-order valence-electron chi connectivity index (χ2n) is 4.48. The minimum absolute atomic E-state index is 0.149. The Kier molecular flexibility index (Phi) is 5.05. The Balaban J connectivity index is 2.01. The number of rotatable bonds is 5. The minimum Gasteiger partial charge on any atom is -0.324 e. The maximum Gasteiger partial charge on any atom is 0.241 e. The third-order valence-electron chi connectivity index (χ3n) is 2.87. The summed E-state index contributed by atoms with van der Waals surface area (Å²) in [5.74, 6) is -1.19. The highest BCUT2D eigenvalue weighted by Gasteiger charge is 2.16. The van der Waals surface area contributed by atoms with Gasteiger partial charge in [-0.2, -0.15) is 5.26 Å². The molecule has 0 radical (unpaired) electrons. The zero-order chi connectivity index (χ0) is 16.9. The quantitative estimate of drug-likeness (QED) is 0.868. The Hall–Kier alpha value is -2.76. The van der Waals surface area contributed by atoms with Gasteiger partial charge in [0.15, 0.2) is 0 Å².